The summed E-state index contributed by atoms with van der Waals surface area (Å²) in [6.45, 7) is 1.07. The highest BCUT2D eigenvalue weighted by Crippen LogP contribution is 2.37. The molecule has 0 bridgehead atoms. The number of amides is 1. The van der Waals surface area contributed by atoms with Crippen LogP contribution in [0.15, 0.2) is 61.1 Å². The number of para-hydroxylation sites is 1. The van der Waals surface area contributed by atoms with Gasteiger partial charge in [0.05, 0.1) is 30.8 Å². The second-order valence-electron chi connectivity index (χ2n) is 8.17. The zero-order valence-corrected chi connectivity index (χ0v) is 20.0. The Hall–Kier alpha value is -4.02. The lowest BCUT2D eigenvalue weighted by Crippen LogP contribution is -2.32. The summed E-state index contributed by atoms with van der Waals surface area (Å²) >= 11 is 6.26. The van der Waals surface area contributed by atoms with Crippen molar-refractivity contribution in [2.75, 3.05) is 18.5 Å². The van der Waals surface area contributed by atoms with Gasteiger partial charge >= 0.3 is 0 Å². The molecule has 0 saturated carbocycles. The van der Waals surface area contributed by atoms with E-state index in [-0.39, 0.29) is 18.6 Å². The van der Waals surface area contributed by atoms with Crippen molar-refractivity contribution in [3.05, 3.63) is 83.0 Å². The molecule has 3 heterocycles. The normalized spacial score (nSPS) is 14.6. The van der Waals surface area contributed by atoms with Crippen molar-refractivity contribution in [3.63, 3.8) is 0 Å². The zero-order chi connectivity index (χ0) is 24.9. The molecule has 0 saturated heterocycles. The maximum absolute atomic E-state index is 13.1. The monoisotopic (exact) mass is 505 g/mol. The quantitative estimate of drug-likeness (QED) is 0.333. The maximum atomic E-state index is 13.1. The number of fused-ring (bicyclic) bond motifs is 1. The molecule has 11 heteroatoms. The van der Waals surface area contributed by atoms with Gasteiger partial charge in [0.25, 0.3) is 5.91 Å². The summed E-state index contributed by atoms with van der Waals surface area (Å²) in [4.78, 5) is 21.2. The first kappa shape index (κ1) is 23.7. The number of carbonyl (C=O) groups excluding carboxylic acids is 1. The third kappa shape index (κ3) is 5.00. The lowest BCUT2D eigenvalue weighted by atomic mass is 10.00. The minimum absolute atomic E-state index is 0.0701. The second-order valence-corrected chi connectivity index (χ2v) is 8.57. The fraction of sp³-hybridized carbons (Fsp3) is 0.240. The predicted octanol–water partition coefficient (Wildman–Crippen LogP) is 3.25. The van der Waals surface area contributed by atoms with Crippen molar-refractivity contribution in [2.45, 2.75) is 25.6 Å². The summed E-state index contributed by atoms with van der Waals surface area (Å²) < 4.78 is 7.50. The van der Waals surface area contributed by atoms with Crippen LogP contribution in [0.4, 0.5) is 5.69 Å². The molecule has 10 nitrogen and oxygen atoms in total. The number of anilines is 1. The lowest BCUT2D eigenvalue weighted by Gasteiger charge is -2.27. The zero-order valence-electron chi connectivity index (χ0n) is 19.3. The van der Waals surface area contributed by atoms with Crippen LogP contribution in [-0.2, 0) is 13.1 Å². The van der Waals surface area contributed by atoms with Gasteiger partial charge in [0.1, 0.15) is 17.8 Å². The van der Waals surface area contributed by atoms with Crippen molar-refractivity contribution < 1.29 is 14.6 Å². The van der Waals surface area contributed by atoms with E-state index < -0.39 is 0 Å². The van der Waals surface area contributed by atoms with Gasteiger partial charge in [-0.2, -0.15) is 0 Å². The topological polar surface area (TPSA) is 127 Å². The average molecular weight is 506 g/mol. The van der Waals surface area contributed by atoms with Gasteiger partial charge in [-0.3, -0.25) is 4.79 Å². The lowest BCUT2D eigenvalue weighted by molar-refractivity contribution is 0.0925. The fourth-order valence-electron chi connectivity index (χ4n) is 4.14. The van der Waals surface area contributed by atoms with E-state index in [0.717, 1.165) is 11.3 Å². The molecule has 2 aromatic heterocycles. The Morgan fingerprint density at radius 2 is 2.08 bits per heavy atom. The fourth-order valence-corrected chi connectivity index (χ4v) is 4.38. The van der Waals surface area contributed by atoms with E-state index in [2.05, 4.69) is 30.8 Å². The molecular weight excluding hydrogens is 482 g/mol. The summed E-state index contributed by atoms with van der Waals surface area (Å²) in [5.41, 5.74) is 2.76. The number of carbonyl (C=O) groups is 1. The van der Waals surface area contributed by atoms with Gasteiger partial charge in [-0.1, -0.05) is 29.8 Å². The van der Waals surface area contributed by atoms with E-state index in [1.54, 1.807) is 35.0 Å². The molecule has 4 aromatic rings. The molecule has 5 rings (SSSR count). The summed E-state index contributed by atoms with van der Waals surface area (Å²) in [6.07, 6.45) is 3.73. The summed E-state index contributed by atoms with van der Waals surface area (Å²) in [7, 11) is 0. The number of aromatic nitrogens is 5. The molecule has 0 radical (unpaired) electrons. The van der Waals surface area contributed by atoms with Crippen molar-refractivity contribution in [1.82, 2.24) is 30.0 Å². The Balaban J connectivity index is 1.29. The number of hydrogen-bond donors (Lipinski definition) is 3. The molecule has 1 atom stereocenters. The molecule has 184 valence electrons. The van der Waals surface area contributed by atoms with Gasteiger partial charge < -0.3 is 25.0 Å². The summed E-state index contributed by atoms with van der Waals surface area (Å²) in [6, 6.07) is 14.3. The van der Waals surface area contributed by atoms with Crippen LogP contribution in [-0.4, -0.2) is 49.0 Å². The number of rotatable bonds is 8. The van der Waals surface area contributed by atoms with Crippen LogP contribution in [0.2, 0.25) is 5.02 Å². The minimum atomic E-state index is -0.189. The molecular formula is C25H24ClN7O3. The number of nitrogens with one attached hydrogen (secondary N) is 2. The SMILES string of the molecule is O=C(N[C@@H]1CCOc2c(Cl)cccc21)c1cccc(NCc2nnc(-c3ccncn3)n2CCO)c1. The third-order valence-electron chi connectivity index (χ3n) is 5.87. The second kappa shape index (κ2) is 10.7. The van der Waals surface area contributed by atoms with Gasteiger partial charge in [0.15, 0.2) is 11.6 Å². The first-order chi connectivity index (χ1) is 17.6. The largest absolute Gasteiger partial charge is 0.492 e. The maximum Gasteiger partial charge on any atom is 0.251 e. The first-order valence-electron chi connectivity index (χ1n) is 11.5. The number of halogens is 1. The summed E-state index contributed by atoms with van der Waals surface area (Å²) in [5.74, 6) is 1.61. The number of aliphatic hydroxyl groups is 1. The molecule has 36 heavy (non-hydrogen) atoms. The van der Waals surface area contributed by atoms with E-state index in [1.807, 2.05) is 24.3 Å². The molecule has 1 aliphatic heterocycles. The van der Waals surface area contributed by atoms with Gasteiger partial charge in [-0.15, -0.1) is 10.2 Å². The molecule has 0 fully saturated rings. The third-order valence-corrected chi connectivity index (χ3v) is 6.17. The Morgan fingerprint density at radius 1 is 1.19 bits per heavy atom. The Bertz CT molecular complexity index is 1360. The molecule has 1 amide bonds. The Labute approximate surface area is 212 Å². The number of nitrogens with zero attached hydrogens (tertiary/aromatic N) is 5. The minimum Gasteiger partial charge on any atom is -0.492 e. The van der Waals surface area contributed by atoms with E-state index >= 15 is 0 Å². The van der Waals surface area contributed by atoms with Crippen LogP contribution < -0.4 is 15.4 Å². The smallest absolute Gasteiger partial charge is 0.251 e. The predicted molar refractivity (Wildman–Crippen MR) is 134 cm³/mol. The van der Waals surface area contributed by atoms with E-state index in [4.69, 9.17) is 16.3 Å². The van der Waals surface area contributed by atoms with E-state index in [1.165, 1.54) is 6.33 Å². The van der Waals surface area contributed by atoms with Crippen molar-refractivity contribution in [1.29, 1.82) is 0 Å². The van der Waals surface area contributed by atoms with Gasteiger partial charge in [-0.05, 0) is 30.3 Å². The van der Waals surface area contributed by atoms with Crippen molar-refractivity contribution in [2.24, 2.45) is 0 Å². The highest BCUT2D eigenvalue weighted by atomic mass is 35.5. The summed E-state index contributed by atoms with van der Waals surface area (Å²) in [5, 5.41) is 25.0. The highest BCUT2D eigenvalue weighted by Gasteiger charge is 2.25. The molecule has 1 aliphatic rings. The van der Waals surface area contributed by atoms with E-state index in [9.17, 15) is 9.90 Å². The Morgan fingerprint density at radius 3 is 2.92 bits per heavy atom. The molecule has 0 unspecified atom stereocenters. The van der Waals surface area contributed by atoms with Crippen molar-refractivity contribution in [3.8, 4) is 17.3 Å². The van der Waals surface area contributed by atoms with Gasteiger partial charge in [-0.25, -0.2) is 9.97 Å². The van der Waals surface area contributed by atoms with Crippen LogP contribution in [0, 0.1) is 0 Å². The molecule has 0 aliphatic carbocycles. The molecule has 3 N–H and O–H groups in total. The molecule has 2 aromatic carbocycles. The Kier molecular flexibility index (Phi) is 7.06. The van der Waals surface area contributed by atoms with Gasteiger partial charge in [0, 0.05) is 36.0 Å². The number of benzene rings is 2. The van der Waals surface area contributed by atoms with E-state index in [0.29, 0.717) is 59.8 Å². The molecule has 0 spiro atoms. The first-order valence-corrected chi connectivity index (χ1v) is 11.9. The van der Waals surface area contributed by atoms with Crippen LogP contribution in [0.3, 0.4) is 0 Å². The highest BCUT2D eigenvalue weighted by molar-refractivity contribution is 6.32. The van der Waals surface area contributed by atoms with Crippen LogP contribution >= 0.6 is 11.6 Å². The number of ether oxygens (including phenoxy) is 1. The average Bonchev–Trinajstić information content (AvgIpc) is 3.31. The van der Waals surface area contributed by atoms with Crippen LogP contribution in [0.1, 0.15) is 34.2 Å². The van der Waals surface area contributed by atoms with Crippen LogP contribution in [0.5, 0.6) is 5.75 Å². The van der Waals surface area contributed by atoms with Gasteiger partial charge in [0.2, 0.25) is 0 Å². The number of hydrogen-bond acceptors (Lipinski definition) is 8. The van der Waals surface area contributed by atoms with Crippen LogP contribution in [0.25, 0.3) is 11.5 Å². The van der Waals surface area contributed by atoms with Crippen molar-refractivity contribution >= 4 is 23.2 Å². The number of aliphatic hydroxyl groups excluding tert-OH is 1. The standard InChI is InChI=1S/C25H24ClN7O3/c26-19-6-2-5-18-20(8-12-36-23(18)19)30-25(35)16-3-1-4-17(13-16)28-14-22-31-32-24(33(22)10-11-34)21-7-9-27-15-29-21/h1-7,9,13,15,20,28,34H,8,10-12,14H2,(H,30,35)/t20-/m1/s1.